The van der Waals surface area contributed by atoms with Crippen LogP contribution in [-0.2, 0) is 14.4 Å². The molecular formula is C11H12BrClN2O5. The molecule has 0 radical (unpaired) electrons. The Kier molecular flexibility index (Phi) is 7.97. The Balaban J connectivity index is 0.000000511. The van der Waals surface area contributed by atoms with Gasteiger partial charge in [0, 0.05) is 17.7 Å². The van der Waals surface area contributed by atoms with Gasteiger partial charge in [-0.15, -0.1) is 0 Å². The molecule has 1 amide bonds. The number of carboxylic acid groups (broad SMARTS) is 1. The highest BCUT2D eigenvalue weighted by atomic mass is 79.9. The Hall–Kier alpha value is -1.51. The predicted molar refractivity (Wildman–Crippen MR) is 74.3 cm³/mol. The molecule has 9 heteroatoms. The summed E-state index contributed by atoms with van der Waals surface area (Å²) < 4.78 is 0.774. The lowest BCUT2D eigenvalue weighted by molar-refractivity contribution is -0.145. The number of aliphatic carboxylic acids is 1. The molecule has 0 bridgehead atoms. The highest BCUT2D eigenvalue weighted by Crippen LogP contribution is 2.14. The Morgan fingerprint density at radius 3 is 2.35 bits per heavy atom. The topological polar surface area (TPSA) is 96.8 Å². The molecule has 0 atom stereocenters. The number of aryl methyl sites for hydroxylation is 1. The van der Waals surface area contributed by atoms with Crippen LogP contribution < -0.4 is 0 Å². The van der Waals surface area contributed by atoms with Crippen molar-refractivity contribution in [3.63, 3.8) is 0 Å². The number of rotatable bonds is 3. The summed E-state index contributed by atoms with van der Waals surface area (Å²) in [6.45, 7) is 1.78. The fourth-order valence-electron chi connectivity index (χ4n) is 0.977. The van der Waals surface area contributed by atoms with E-state index < -0.39 is 11.2 Å². The number of carbonyl (C=O) groups excluding carboxylic acids is 2. The monoisotopic (exact) mass is 366 g/mol. The number of hydroxylamine groups is 2. The van der Waals surface area contributed by atoms with Gasteiger partial charge in [-0.2, -0.15) is 0 Å². The van der Waals surface area contributed by atoms with Crippen LogP contribution in [0.25, 0.3) is 0 Å². The maximum atomic E-state index is 11.7. The number of hydrogen-bond acceptors (Lipinski definition) is 5. The van der Waals surface area contributed by atoms with E-state index in [1.807, 2.05) is 0 Å². The van der Waals surface area contributed by atoms with E-state index in [0.717, 1.165) is 9.54 Å². The maximum absolute atomic E-state index is 11.7. The van der Waals surface area contributed by atoms with E-state index in [9.17, 15) is 14.4 Å². The minimum atomic E-state index is -1.61. The van der Waals surface area contributed by atoms with Crippen LogP contribution in [0.1, 0.15) is 16.1 Å². The Morgan fingerprint density at radius 2 is 1.95 bits per heavy atom. The van der Waals surface area contributed by atoms with Gasteiger partial charge in [-0.1, -0.05) is 0 Å². The molecule has 0 aliphatic heterocycles. The Bertz CT molecular complexity index is 512. The van der Waals surface area contributed by atoms with Gasteiger partial charge in [0.1, 0.15) is 0 Å². The van der Waals surface area contributed by atoms with E-state index in [2.05, 4.69) is 32.5 Å². The molecule has 0 unspecified atom stereocenters. The second-order valence-electron chi connectivity index (χ2n) is 3.35. The molecule has 1 aromatic heterocycles. The number of carboxylic acids is 1. The minimum Gasteiger partial charge on any atom is -0.475 e. The van der Waals surface area contributed by atoms with Crippen LogP contribution in [0.3, 0.4) is 0 Å². The fraction of sp³-hybridized carbons (Fsp3) is 0.273. The van der Waals surface area contributed by atoms with Crippen LogP contribution in [-0.4, -0.2) is 46.4 Å². The normalized spacial score (nSPS) is 9.25. The van der Waals surface area contributed by atoms with Crippen molar-refractivity contribution < 1.29 is 24.3 Å². The second kappa shape index (κ2) is 8.62. The molecule has 0 spiro atoms. The van der Waals surface area contributed by atoms with Crippen molar-refractivity contribution in [3.8, 4) is 0 Å². The van der Waals surface area contributed by atoms with Gasteiger partial charge in [-0.25, -0.2) is 9.86 Å². The Labute approximate surface area is 128 Å². The summed E-state index contributed by atoms with van der Waals surface area (Å²) in [5.74, 6) is -1.82. The molecule has 0 saturated carbocycles. The lowest BCUT2D eigenvalue weighted by Crippen LogP contribution is -2.26. The first-order chi connectivity index (χ1) is 9.20. The van der Waals surface area contributed by atoms with E-state index in [4.69, 9.17) is 9.94 Å². The molecule has 0 fully saturated rings. The molecule has 1 aromatic rings. The summed E-state index contributed by atoms with van der Waals surface area (Å²) in [5.41, 5.74) is 1.21. The van der Waals surface area contributed by atoms with Crippen molar-refractivity contribution in [1.29, 1.82) is 0 Å². The first-order valence-corrected chi connectivity index (χ1v) is 6.24. The summed E-state index contributed by atoms with van der Waals surface area (Å²) in [7, 11) is 3.00. The second-order valence-corrected chi connectivity index (χ2v) is 4.61. The lowest BCUT2D eigenvalue weighted by Gasteiger charge is -2.14. The summed E-state index contributed by atoms with van der Waals surface area (Å²) >= 11 is 7.64. The minimum absolute atomic E-state index is 0.209. The molecular weight excluding hydrogens is 355 g/mol. The number of carbonyl (C=O) groups is 3. The van der Waals surface area contributed by atoms with Crippen LogP contribution in [0, 0.1) is 6.92 Å². The largest absolute Gasteiger partial charge is 0.475 e. The third-order valence-electron chi connectivity index (χ3n) is 2.01. The van der Waals surface area contributed by atoms with Gasteiger partial charge in [0.15, 0.2) is 0 Å². The summed E-state index contributed by atoms with van der Waals surface area (Å²) in [6, 6.07) is 1.72. The zero-order valence-corrected chi connectivity index (χ0v) is 13.2. The summed E-state index contributed by atoms with van der Waals surface area (Å²) in [4.78, 5) is 39.1. The number of amides is 1. The number of hydrogen-bond donors (Lipinski definition) is 1. The van der Waals surface area contributed by atoms with Crippen molar-refractivity contribution in [2.75, 3.05) is 14.2 Å². The van der Waals surface area contributed by atoms with Gasteiger partial charge in [0.25, 0.3) is 5.91 Å². The van der Waals surface area contributed by atoms with Crippen molar-refractivity contribution in [2.24, 2.45) is 0 Å². The number of halogens is 2. The van der Waals surface area contributed by atoms with Crippen LogP contribution in [0.2, 0.25) is 0 Å². The SMILES string of the molecule is CON(C)C(=O)c1cc(Br)cnc1C.O=C(O)C(=O)Cl. The van der Waals surface area contributed by atoms with E-state index in [0.29, 0.717) is 11.3 Å². The third kappa shape index (κ3) is 6.09. The molecule has 7 nitrogen and oxygen atoms in total. The van der Waals surface area contributed by atoms with Crippen LogP contribution in [0.15, 0.2) is 16.7 Å². The molecule has 110 valence electrons. The Morgan fingerprint density at radius 1 is 1.45 bits per heavy atom. The van der Waals surface area contributed by atoms with Crippen molar-refractivity contribution >= 4 is 44.6 Å². The van der Waals surface area contributed by atoms with E-state index in [-0.39, 0.29) is 5.91 Å². The standard InChI is InChI=1S/C9H11BrN2O2.C2HClO3/c1-6-8(4-7(10)5-11-6)9(13)12(2)14-3;3-1(4)2(5)6/h4-5H,1-3H3;(H,5,6). The first-order valence-electron chi connectivity index (χ1n) is 5.07. The van der Waals surface area contributed by atoms with Gasteiger partial charge < -0.3 is 5.11 Å². The van der Waals surface area contributed by atoms with Gasteiger partial charge >= 0.3 is 11.2 Å². The van der Waals surface area contributed by atoms with Gasteiger partial charge in [-0.3, -0.25) is 19.4 Å². The van der Waals surface area contributed by atoms with E-state index >= 15 is 0 Å². The number of pyridine rings is 1. The van der Waals surface area contributed by atoms with Crippen LogP contribution in [0.4, 0.5) is 0 Å². The predicted octanol–water partition coefficient (Wildman–Crippen LogP) is 1.62. The molecule has 0 aromatic carbocycles. The zero-order valence-electron chi connectivity index (χ0n) is 10.9. The van der Waals surface area contributed by atoms with Gasteiger partial charge in [-0.05, 0) is 40.5 Å². The molecule has 0 saturated heterocycles. The lowest BCUT2D eigenvalue weighted by atomic mass is 10.2. The average Bonchev–Trinajstić information content (AvgIpc) is 2.40. The third-order valence-corrected chi connectivity index (χ3v) is 2.61. The number of aromatic nitrogens is 1. The van der Waals surface area contributed by atoms with Crippen molar-refractivity contribution in [2.45, 2.75) is 6.92 Å². The maximum Gasteiger partial charge on any atom is 0.388 e. The van der Waals surface area contributed by atoms with Gasteiger partial charge in [0.2, 0.25) is 0 Å². The highest BCUT2D eigenvalue weighted by Gasteiger charge is 2.14. The molecule has 1 N–H and O–H groups in total. The van der Waals surface area contributed by atoms with Crippen LogP contribution in [0.5, 0.6) is 0 Å². The molecule has 0 aliphatic rings. The highest BCUT2D eigenvalue weighted by molar-refractivity contribution is 9.10. The summed E-state index contributed by atoms with van der Waals surface area (Å²) in [5, 5.41) is 7.32. The van der Waals surface area contributed by atoms with E-state index in [1.54, 1.807) is 26.2 Å². The molecule has 1 heterocycles. The quantitative estimate of drug-likeness (QED) is 0.495. The smallest absolute Gasteiger partial charge is 0.388 e. The molecule has 0 aliphatic carbocycles. The van der Waals surface area contributed by atoms with Gasteiger partial charge in [0.05, 0.1) is 18.4 Å². The van der Waals surface area contributed by atoms with Crippen molar-refractivity contribution in [1.82, 2.24) is 10.0 Å². The van der Waals surface area contributed by atoms with E-state index in [1.165, 1.54) is 7.11 Å². The summed E-state index contributed by atoms with van der Waals surface area (Å²) in [6.07, 6.45) is 1.65. The molecule has 1 rings (SSSR count). The average molecular weight is 368 g/mol. The number of nitrogens with zero attached hydrogens (tertiary/aromatic N) is 2. The van der Waals surface area contributed by atoms with Crippen LogP contribution >= 0.6 is 27.5 Å². The fourth-order valence-corrected chi connectivity index (χ4v) is 1.31. The first kappa shape index (κ1) is 18.5. The van der Waals surface area contributed by atoms with Crippen molar-refractivity contribution in [3.05, 3.63) is 28.0 Å². The molecule has 20 heavy (non-hydrogen) atoms. The zero-order chi connectivity index (χ0) is 15.9.